The monoisotopic (exact) mass is 240 g/mol. The molecule has 0 aliphatic carbocycles. The standard InChI is InChI=1S/C14H12N2S/c1-3-9-15-13(5-1)7-11-17-12-8-14-6-2-4-10-16-14/h1-12H/b11-7-,12-8-. The van der Waals surface area contributed by atoms with Crippen molar-refractivity contribution in [3.63, 3.8) is 0 Å². The number of aromatic nitrogens is 2. The second-order valence-corrected chi connectivity index (χ2v) is 4.07. The van der Waals surface area contributed by atoms with Crippen molar-refractivity contribution in [2.75, 3.05) is 0 Å². The number of pyridine rings is 2. The summed E-state index contributed by atoms with van der Waals surface area (Å²) in [6, 6.07) is 11.7. The zero-order valence-electron chi connectivity index (χ0n) is 9.23. The lowest BCUT2D eigenvalue weighted by Crippen LogP contribution is -1.75. The highest BCUT2D eigenvalue weighted by molar-refractivity contribution is 8.05. The molecule has 0 aliphatic heterocycles. The summed E-state index contributed by atoms with van der Waals surface area (Å²) in [5.41, 5.74) is 1.93. The molecule has 0 aliphatic rings. The van der Waals surface area contributed by atoms with Crippen LogP contribution in [-0.4, -0.2) is 9.97 Å². The zero-order chi connectivity index (χ0) is 11.8. The lowest BCUT2D eigenvalue weighted by atomic mass is 10.3. The minimum Gasteiger partial charge on any atom is -0.257 e. The third-order valence-corrected chi connectivity index (χ3v) is 2.60. The maximum Gasteiger partial charge on any atom is 0.0634 e. The summed E-state index contributed by atoms with van der Waals surface area (Å²) >= 11 is 1.60. The van der Waals surface area contributed by atoms with E-state index < -0.39 is 0 Å². The number of thioether (sulfide) groups is 1. The lowest BCUT2D eigenvalue weighted by Gasteiger charge is -1.90. The predicted octanol–water partition coefficient (Wildman–Crippen LogP) is 3.85. The summed E-state index contributed by atoms with van der Waals surface area (Å²) in [6.07, 6.45) is 7.53. The van der Waals surface area contributed by atoms with Crippen LogP contribution in [0.2, 0.25) is 0 Å². The molecule has 2 aromatic heterocycles. The molecule has 2 heterocycles. The van der Waals surface area contributed by atoms with Crippen LogP contribution in [0.1, 0.15) is 11.4 Å². The summed E-state index contributed by atoms with van der Waals surface area (Å²) in [7, 11) is 0. The van der Waals surface area contributed by atoms with Crippen molar-refractivity contribution >= 4 is 23.9 Å². The Kier molecular flexibility index (Phi) is 4.55. The molecule has 0 N–H and O–H groups in total. The first-order valence-electron chi connectivity index (χ1n) is 5.26. The molecule has 2 nitrogen and oxygen atoms in total. The molecule has 0 atom stereocenters. The Morgan fingerprint density at radius 3 is 1.71 bits per heavy atom. The van der Waals surface area contributed by atoms with Gasteiger partial charge in [0.2, 0.25) is 0 Å². The van der Waals surface area contributed by atoms with Crippen LogP contribution in [0.25, 0.3) is 12.2 Å². The van der Waals surface area contributed by atoms with Gasteiger partial charge >= 0.3 is 0 Å². The van der Waals surface area contributed by atoms with Crippen molar-refractivity contribution < 1.29 is 0 Å². The average molecular weight is 240 g/mol. The van der Waals surface area contributed by atoms with Gasteiger partial charge in [-0.05, 0) is 47.2 Å². The Bertz CT molecular complexity index is 445. The maximum atomic E-state index is 4.20. The number of hydrogen-bond donors (Lipinski definition) is 0. The molecule has 0 unspecified atom stereocenters. The van der Waals surface area contributed by atoms with E-state index in [-0.39, 0.29) is 0 Å². The van der Waals surface area contributed by atoms with Gasteiger partial charge in [-0.15, -0.1) is 11.8 Å². The van der Waals surface area contributed by atoms with Gasteiger partial charge in [-0.25, -0.2) is 0 Å². The van der Waals surface area contributed by atoms with Crippen LogP contribution in [0.3, 0.4) is 0 Å². The van der Waals surface area contributed by atoms with Crippen molar-refractivity contribution in [3.05, 3.63) is 71.0 Å². The largest absolute Gasteiger partial charge is 0.257 e. The zero-order valence-corrected chi connectivity index (χ0v) is 10.0. The highest BCUT2D eigenvalue weighted by Crippen LogP contribution is 2.10. The predicted molar refractivity (Wildman–Crippen MR) is 74.1 cm³/mol. The van der Waals surface area contributed by atoms with E-state index in [1.54, 1.807) is 24.2 Å². The highest BCUT2D eigenvalue weighted by atomic mass is 32.2. The summed E-state index contributed by atoms with van der Waals surface area (Å²) in [5.74, 6) is 0. The highest BCUT2D eigenvalue weighted by Gasteiger charge is 1.84. The van der Waals surface area contributed by atoms with E-state index in [0.29, 0.717) is 0 Å². The van der Waals surface area contributed by atoms with Gasteiger partial charge in [0.1, 0.15) is 0 Å². The van der Waals surface area contributed by atoms with E-state index in [1.807, 2.05) is 59.4 Å². The van der Waals surface area contributed by atoms with E-state index in [2.05, 4.69) is 9.97 Å². The normalized spacial score (nSPS) is 11.3. The van der Waals surface area contributed by atoms with Crippen LogP contribution in [-0.2, 0) is 0 Å². The van der Waals surface area contributed by atoms with Crippen molar-refractivity contribution in [2.45, 2.75) is 0 Å². The molecule has 2 rings (SSSR count). The number of hydrogen-bond acceptors (Lipinski definition) is 3. The van der Waals surface area contributed by atoms with Crippen LogP contribution in [0, 0.1) is 0 Å². The second-order valence-electron chi connectivity index (χ2n) is 3.25. The van der Waals surface area contributed by atoms with Gasteiger partial charge in [0, 0.05) is 12.4 Å². The van der Waals surface area contributed by atoms with Gasteiger partial charge in [0.25, 0.3) is 0 Å². The van der Waals surface area contributed by atoms with E-state index >= 15 is 0 Å². The average Bonchev–Trinajstić information content (AvgIpc) is 2.41. The molecule has 0 fully saturated rings. The van der Waals surface area contributed by atoms with Crippen LogP contribution in [0.15, 0.2) is 59.6 Å². The molecule has 84 valence electrons. The summed E-state index contributed by atoms with van der Waals surface area (Å²) in [6.45, 7) is 0. The molecule has 3 heteroatoms. The van der Waals surface area contributed by atoms with Gasteiger partial charge in [-0.1, -0.05) is 12.1 Å². The third-order valence-electron chi connectivity index (χ3n) is 2.01. The number of rotatable bonds is 4. The fourth-order valence-electron chi connectivity index (χ4n) is 1.21. The second kappa shape index (κ2) is 6.66. The molecule has 0 saturated heterocycles. The summed E-state index contributed by atoms with van der Waals surface area (Å²) < 4.78 is 0. The van der Waals surface area contributed by atoms with Gasteiger partial charge in [-0.2, -0.15) is 0 Å². The Morgan fingerprint density at radius 1 is 0.765 bits per heavy atom. The SMILES string of the molecule is C(=C/c1ccccn1)/S/C=C\c1ccccn1. The Labute approximate surface area is 105 Å². The van der Waals surface area contributed by atoms with Gasteiger partial charge in [-0.3, -0.25) is 9.97 Å². The van der Waals surface area contributed by atoms with Crippen LogP contribution in [0.4, 0.5) is 0 Å². The van der Waals surface area contributed by atoms with Gasteiger partial charge in [0.05, 0.1) is 11.4 Å². The fourth-order valence-corrected chi connectivity index (χ4v) is 1.74. The topological polar surface area (TPSA) is 25.8 Å². The quantitative estimate of drug-likeness (QED) is 0.811. The van der Waals surface area contributed by atoms with Crippen LogP contribution in [0.5, 0.6) is 0 Å². The van der Waals surface area contributed by atoms with E-state index in [1.165, 1.54) is 0 Å². The first-order chi connectivity index (χ1) is 8.45. The summed E-state index contributed by atoms with van der Waals surface area (Å²) in [5, 5.41) is 4.00. The van der Waals surface area contributed by atoms with E-state index in [9.17, 15) is 0 Å². The molecule has 0 aromatic carbocycles. The molecule has 17 heavy (non-hydrogen) atoms. The molecule has 2 aromatic rings. The first-order valence-corrected chi connectivity index (χ1v) is 6.20. The lowest BCUT2D eigenvalue weighted by molar-refractivity contribution is 1.30. The smallest absolute Gasteiger partial charge is 0.0634 e. The minimum atomic E-state index is 0.964. The van der Waals surface area contributed by atoms with E-state index in [0.717, 1.165) is 11.4 Å². The fraction of sp³-hybridized carbons (Fsp3) is 0. The van der Waals surface area contributed by atoms with Crippen molar-refractivity contribution in [1.82, 2.24) is 9.97 Å². The minimum absolute atomic E-state index is 0.964. The molecular weight excluding hydrogens is 228 g/mol. The molecular formula is C14H12N2S. The van der Waals surface area contributed by atoms with Crippen molar-refractivity contribution in [3.8, 4) is 0 Å². The molecule has 0 amide bonds. The Morgan fingerprint density at radius 2 is 1.29 bits per heavy atom. The first kappa shape index (κ1) is 11.6. The van der Waals surface area contributed by atoms with Gasteiger partial charge < -0.3 is 0 Å². The van der Waals surface area contributed by atoms with Crippen LogP contribution >= 0.6 is 11.8 Å². The molecule has 0 bridgehead atoms. The Hall–Kier alpha value is -1.87. The van der Waals surface area contributed by atoms with Crippen molar-refractivity contribution in [1.29, 1.82) is 0 Å². The van der Waals surface area contributed by atoms with E-state index in [4.69, 9.17) is 0 Å². The third kappa shape index (κ3) is 4.25. The molecule has 0 radical (unpaired) electrons. The summed E-state index contributed by atoms with van der Waals surface area (Å²) in [4.78, 5) is 8.40. The number of nitrogens with zero attached hydrogens (tertiary/aromatic N) is 2. The Balaban J connectivity index is 1.84. The van der Waals surface area contributed by atoms with Gasteiger partial charge in [0.15, 0.2) is 0 Å². The van der Waals surface area contributed by atoms with Crippen molar-refractivity contribution in [2.24, 2.45) is 0 Å². The molecule has 0 saturated carbocycles. The maximum absolute atomic E-state index is 4.20. The molecule has 0 spiro atoms. The van der Waals surface area contributed by atoms with Crippen LogP contribution < -0.4 is 0 Å².